The van der Waals surface area contributed by atoms with Gasteiger partial charge in [0.25, 0.3) is 5.91 Å². The standard InChI is InChI=1S/C18H22N2O5/c1-11-7-15(11)17(23)19-13-4-2-3-12(8-13)18(24)20-5-6-25-10-14(20)9-16(21)22/h2-4,8,11,14-15H,5-7,9-10H2,1H3,(H,19,23)(H,21,22). The molecule has 1 aromatic rings. The Morgan fingerprint density at radius 1 is 1.36 bits per heavy atom. The third-order valence-corrected chi connectivity index (χ3v) is 4.72. The molecular formula is C18H22N2O5. The summed E-state index contributed by atoms with van der Waals surface area (Å²) in [7, 11) is 0. The van der Waals surface area contributed by atoms with Crippen molar-refractivity contribution >= 4 is 23.5 Å². The van der Waals surface area contributed by atoms with Crippen LogP contribution in [0.5, 0.6) is 0 Å². The van der Waals surface area contributed by atoms with Gasteiger partial charge >= 0.3 is 5.97 Å². The van der Waals surface area contributed by atoms with Crippen LogP contribution in [0.4, 0.5) is 5.69 Å². The molecule has 1 aliphatic carbocycles. The van der Waals surface area contributed by atoms with Gasteiger partial charge in [0, 0.05) is 23.7 Å². The molecule has 2 aliphatic rings. The molecule has 7 heteroatoms. The molecule has 2 N–H and O–H groups in total. The summed E-state index contributed by atoms with van der Waals surface area (Å²) in [5.41, 5.74) is 1.01. The van der Waals surface area contributed by atoms with E-state index >= 15 is 0 Å². The number of hydrogen-bond acceptors (Lipinski definition) is 4. The van der Waals surface area contributed by atoms with Crippen molar-refractivity contribution in [3.63, 3.8) is 0 Å². The molecule has 25 heavy (non-hydrogen) atoms. The fourth-order valence-corrected chi connectivity index (χ4v) is 3.11. The zero-order chi connectivity index (χ0) is 18.0. The van der Waals surface area contributed by atoms with Gasteiger partial charge in [-0.1, -0.05) is 13.0 Å². The number of rotatable bonds is 5. The van der Waals surface area contributed by atoms with Crippen molar-refractivity contribution in [1.29, 1.82) is 0 Å². The Balaban J connectivity index is 1.71. The van der Waals surface area contributed by atoms with E-state index in [1.807, 2.05) is 6.92 Å². The fraction of sp³-hybridized carbons (Fsp3) is 0.500. The van der Waals surface area contributed by atoms with E-state index in [4.69, 9.17) is 9.84 Å². The molecule has 2 amide bonds. The molecule has 0 spiro atoms. The number of carbonyl (C=O) groups excluding carboxylic acids is 2. The second kappa shape index (κ2) is 7.23. The van der Waals surface area contributed by atoms with Crippen molar-refractivity contribution in [2.45, 2.75) is 25.8 Å². The summed E-state index contributed by atoms with van der Waals surface area (Å²) < 4.78 is 5.30. The molecule has 1 heterocycles. The van der Waals surface area contributed by atoms with E-state index in [1.165, 1.54) is 0 Å². The number of nitrogens with zero attached hydrogens (tertiary/aromatic N) is 1. The summed E-state index contributed by atoms with van der Waals surface area (Å²) in [5.74, 6) is -0.765. The second-order valence-electron chi connectivity index (χ2n) is 6.71. The third-order valence-electron chi connectivity index (χ3n) is 4.72. The number of hydrogen-bond donors (Lipinski definition) is 2. The molecule has 1 aromatic carbocycles. The molecular weight excluding hydrogens is 324 g/mol. The van der Waals surface area contributed by atoms with Crippen molar-refractivity contribution < 1.29 is 24.2 Å². The van der Waals surface area contributed by atoms with Crippen LogP contribution in [0.1, 0.15) is 30.1 Å². The number of carboxylic acid groups (broad SMARTS) is 1. The van der Waals surface area contributed by atoms with Gasteiger partial charge in [0.05, 0.1) is 25.7 Å². The lowest BCUT2D eigenvalue weighted by molar-refractivity contribution is -0.139. The Morgan fingerprint density at radius 2 is 2.12 bits per heavy atom. The van der Waals surface area contributed by atoms with E-state index in [-0.39, 0.29) is 30.8 Å². The Bertz CT molecular complexity index is 690. The number of ether oxygens (including phenoxy) is 1. The molecule has 1 saturated carbocycles. The summed E-state index contributed by atoms with van der Waals surface area (Å²) in [4.78, 5) is 37.4. The first-order chi connectivity index (χ1) is 12.0. The predicted octanol–water partition coefficient (Wildman–Crippen LogP) is 1.60. The number of carboxylic acids is 1. The predicted molar refractivity (Wildman–Crippen MR) is 90.2 cm³/mol. The smallest absolute Gasteiger partial charge is 0.305 e. The minimum absolute atomic E-state index is 0.0211. The van der Waals surface area contributed by atoms with E-state index in [0.29, 0.717) is 30.3 Å². The molecule has 1 aliphatic heterocycles. The fourth-order valence-electron chi connectivity index (χ4n) is 3.11. The third kappa shape index (κ3) is 4.17. The number of benzene rings is 1. The van der Waals surface area contributed by atoms with Gasteiger partial charge in [0.15, 0.2) is 0 Å². The molecule has 3 atom stereocenters. The molecule has 3 unspecified atom stereocenters. The van der Waals surface area contributed by atoms with Gasteiger partial charge in [-0.2, -0.15) is 0 Å². The lowest BCUT2D eigenvalue weighted by Gasteiger charge is -2.35. The van der Waals surface area contributed by atoms with Crippen molar-refractivity contribution in [3.05, 3.63) is 29.8 Å². The highest BCUT2D eigenvalue weighted by Crippen LogP contribution is 2.38. The Hall–Kier alpha value is -2.41. The second-order valence-corrected chi connectivity index (χ2v) is 6.71. The van der Waals surface area contributed by atoms with E-state index in [2.05, 4.69) is 5.32 Å². The number of carbonyl (C=O) groups is 3. The zero-order valence-corrected chi connectivity index (χ0v) is 14.1. The van der Waals surface area contributed by atoms with Gasteiger partial charge in [0.2, 0.25) is 5.91 Å². The van der Waals surface area contributed by atoms with Crippen LogP contribution in [-0.4, -0.2) is 53.6 Å². The highest BCUT2D eigenvalue weighted by Gasteiger charge is 2.39. The monoisotopic (exact) mass is 346 g/mol. The number of aliphatic carboxylic acids is 1. The van der Waals surface area contributed by atoms with Gasteiger partial charge in [-0.25, -0.2) is 0 Å². The average molecular weight is 346 g/mol. The maximum atomic E-state index is 12.8. The number of anilines is 1. The lowest BCUT2D eigenvalue weighted by Crippen LogP contribution is -2.49. The lowest BCUT2D eigenvalue weighted by atomic mass is 10.1. The van der Waals surface area contributed by atoms with Crippen LogP contribution in [-0.2, 0) is 14.3 Å². The number of nitrogens with one attached hydrogen (secondary N) is 1. The van der Waals surface area contributed by atoms with Crippen LogP contribution in [0.25, 0.3) is 0 Å². The first-order valence-electron chi connectivity index (χ1n) is 8.47. The number of amides is 2. The van der Waals surface area contributed by atoms with Crippen LogP contribution >= 0.6 is 0 Å². The van der Waals surface area contributed by atoms with Gasteiger partial charge in [-0.3, -0.25) is 14.4 Å². The largest absolute Gasteiger partial charge is 0.481 e. The Labute approximate surface area is 146 Å². The van der Waals surface area contributed by atoms with Gasteiger partial charge in [0.1, 0.15) is 0 Å². The van der Waals surface area contributed by atoms with E-state index in [9.17, 15) is 14.4 Å². The molecule has 2 fully saturated rings. The minimum atomic E-state index is -0.965. The quantitative estimate of drug-likeness (QED) is 0.844. The average Bonchev–Trinajstić information content (AvgIpc) is 3.31. The van der Waals surface area contributed by atoms with Gasteiger partial charge in [-0.05, 0) is 30.5 Å². The van der Waals surface area contributed by atoms with Crippen LogP contribution in [0.2, 0.25) is 0 Å². The molecule has 7 nitrogen and oxygen atoms in total. The van der Waals surface area contributed by atoms with Gasteiger partial charge in [-0.15, -0.1) is 0 Å². The van der Waals surface area contributed by atoms with Crippen LogP contribution < -0.4 is 5.32 Å². The summed E-state index contributed by atoms with van der Waals surface area (Å²) in [6, 6.07) is 6.29. The summed E-state index contributed by atoms with van der Waals surface area (Å²) in [5, 5.41) is 11.9. The Morgan fingerprint density at radius 3 is 2.80 bits per heavy atom. The molecule has 134 valence electrons. The molecule has 1 saturated heterocycles. The highest BCUT2D eigenvalue weighted by molar-refractivity contribution is 5.98. The van der Waals surface area contributed by atoms with Crippen molar-refractivity contribution in [2.24, 2.45) is 11.8 Å². The SMILES string of the molecule is CC1CC1C(=O)Nc1cccc(C(=O)N2CCOCC2CC(=O)O)c1. The normalized spacial score (nSPS) is 25.3. The maximum Gasteiger partial charge on any atom is 0.305 e. The Kier molecular flexibility index (Phi) is 5.03. The molecule has 0 radical (unpaired) electrons. The minimum Gasteiger partial charge on any atom is -0.481 e. The highest BCUT2D eigenvalue weighted by atomic mass is 16.5. The maximum absolute atomic E-state index is 12.8. The van der Waals surface area contributed by atoms with Gasteiger partial charge < -0.3 is 20.1 Å². The van der Waals surface area contributed by atoms with Crippen molar-refractivity contribution in [3.8, 4) is 0 Å². The zero-order valence-electron chi connectivity index (χ0n) is 14.1. The first kappa shape index (κ1) is 17.4. The number of morpholine rings is 1. The van der Waals surface area contributed by atoms with E-state index in [1.54, 1.807) is 29.2 Å². The van der Waals surface area contributed by atoms with Crippen LogP contribution in [0.3, 0.4) is 0 Å². The molecule has 3 rings (SSSR count). The summed E-state index contributed by atoms with van der Waals surface area (Å²) >= 11 is 0. The first-order valence-corrected chi connectivity index (χ1v) is 8.47. The van der Waals surface area contributed by atoms with Crippen molar-refractivity contribution in [2.75, 3.05) is 25.1 Å². The molecule has 0 aromatic heterocycles. The summed E-state index contributed by atoms with van der Waals surface area (Å²) in [6.45, 7) is 2.99. The van der Waals surface area contributed by atoms with Crippen LogP contribution in [0, 0.1) is 11.8 Å². The van der Waals surface area contributed by atoms with Crippen LogP contribution in [0.15, 0.2) is 24.3 Å². The van der Waals surface area contributed by atoms with Crippen molar-refractivity contribution in [1.82, 2.24) is 4.90 Å². The summed E-state index contributed by atoms with van der Waals surface area (Å²) in [6.07, 6.45) is 0.747. The van der Waals surface area contributed by atoms with E-state index in [0.717, 1.165) is 6.42 Å². The van der Waals surface area contributed by atoms with E-state index < -0.39 is 12.0 Å². The topological polar surface area (TPSA) is 95.9 Å². The molecule has 0 bridgehead atoms.